The number of nitrogens with one attached hydrogen (secondary N) is 1. The molecular weight excluding hydrogens is 296 g/mol. The lowest BCUT2D eigenvalue weighted by atomic mass is 9.93. The van der Waals surface area contributed by atoms with E-state index in [1.165, 1.54) is 0 Å². The third-order valence-electron chi connectivity index (χ3n) is 4.00. The molecule has 1 aliphatic rings. The number of hydrogen-bond acceptors (Lipinski definition) is 4. The number of nitrogens with zero attached hydrogens (tertiary/aromatic N) is 2. The van der Waals surface area contributed by atoms with Gasteiger partial charge in [0.2, 0.25) is 0 Å². The molecular formula is C16H32N4O3. The molecule has 1 heterocycles. The molecule has 0 radical (unpaired) electrons. The van der Waals surface area contributed by atoms with E-state index in [-0.39, 0.29) is 0 Å². The second-order valence-corrected chi connectivity index (χ2v) is 6.89. The number of morpholine rings is 1. The lowest BCUT2D eigenvalue weighted by molar-refractivity contribution is 0.0451. The Balaban J connectivity index is 2.70. The van der Waals surface area contributed by atoms with Crippen LogP contribution in [0.3, 0.4) is 0 Å². The van der Waals surface area contributed by atoms with Gasteiger partial charge in [-0.05, 0) is 33.6 Å². The fourth-order valence-corrected chi connectivity index (χ4v) is 2.33. The van der Waals surface area contributed by atoms with Gasteiger partial charge < -0.3 is 25.4 Å². The summed E-state index contributed by atoms with van der Waals surface area (Å²) in [5.41, 5.74) is 5.11. The highest BCUT2D eigenvalue weighted by Gasteiger charge is 2.30. The molecule has 0 saturated carbocycles. The Morgan fingerprint density at radius 1 is 1.26 bits per heavy atom. The van der Waals surface area contributed by atoms with Gasteiger partial charge in [-0.1, -0.05) is 13.8 Å². The summed E-state index contributed by atoms with van der Waals surface area (Å²) in [6.07, 6.45) is 1.09. The van der Waals surface area contributed by atoms with E-state index < -0.39 is 17.2 Å². The number of hydrogen-bond donors (Lipinski definition) is 2. The Kier molecular flexibility index (Phi) is 7.12. The van der Waals surface area contributed by atoms with E-state index in [0.29, 0.717) is 25.7 Å². The van der Waals surface area contributed by atoms with E-state index in [9.17, 15) is 4.79 Å². The highest BCUT2D eigenvalue weighted by Crippen LogP contribution is 2.18. The molecule has 0 unspecified atom stereocenters. The van der Waals surface area contributed by atoms with Crippen molar-refractivity contribution < 1.29 is 14.3 Å². The van der Waals surface area contributed by atoms with E-state index >= 15 is 0 Å². The van der Waals surface area contributed by atoms with Gasteiger partial charge in [0.05, 0.1) is 25.3 Å². The first kappa shape index (κ1) is 19.5. The smallest absolute Gasteiger partial charge is 0.408 e. The van der Waals surface area contributed by atoms with Crippen LogP contribution >= 0.6 is 0 Å². The first-order chi connectivity index (χ1) is 10.7. The number of carbonyl (C=O) groups is 1. The largest absolute Gasteiger partial charge is 0.444 e. The van der Waals surface area contributed by atoms with Crippen LogP contribution in [0.15, 0.2) is 4.99 Å². The molecule has 1 fully saturated rings. The quantitative estimate of drug-likeness (QED) is 0.592. The summed E-state index contributed by atoms with van der Waals surface area (Å²) in [6, 6.07) is 0. The van der Waals surface area contributed by atoms with Crippen molar-refractivity contribution in [1.29, 1.82) is 0 Å². The molecule has 0 bridgehead atoms. The molecule has 0 aliphatic carbocycles. The van der Waals surface area contributed by atoms with Gasteiger partial charge in [-0.25, -0.2) is 4.79 Å². The van der Waals surface area contributed by atoms with E-state index in [4.69, 9.17) is 15.2 Å². The molecule has 134 valence electrons. The summed E-state index contributed by atoms with van der Waals surface area (Å²) in [4.78, 5) is 18.6. The van der Waals surface area contributed by atoms with Gasteiger partial charge in [-0.2, -0.15) is 0 Å². The number of aliphatic imine (C=N–C) groups is 1. The van der Waals surface area contributed by atoms with Gasteiger partial charge in [0.1, 0.15) is 5.60 Å². The first-order valence-corrected chi connectivity index (χ1v) is 8.35. The third-order valence-corrected chi connectivity index (χ3v) is 4.00. The second-order valence-electron chi connectivity index (χ2n) is 6.89. The zero-order chi connectivity index (χ0) is 17.5. The normalized spacial score (nSPS) is 17.1. The molecule has 23 heavy (non-hydrogen) atoms. The zero-order valence-corrected chi connectivity index (χ0v) is 15.1. The van der Waals surface area contributed by atoms with E-state index in [1.807, 2.05) is 39.5 Å². The minimum absolute atomic E-state index is 0.415. The average molecular weight is 328 g/mol. The Bertz CT molecular complexity index is 408. The topological polar surface area (TPSA) is 89.2 Å². The highest BCUT2D eigenvalue weighted by atomic mass is 16.6. The van der Waals surface area contributed by atoms with Crippen LogP contribution in [-0.2, 0) is 9.47 Å². The Hall–Kier alpha value is -1.50. The van der Waals surface area contributed by atoms with Crippen LogP contribution in [0.1, 0.15) is 47.5 Å². The Morgan fingerprint density at radius 2 is 1.83 bits per heavy atom. The van der Waals surface area contributed by atoms with Gasteiger partial charge in [-0.15, -0.1) is 0 Å². The van der Waals surface area contributed by atoms with Gasteiger partial charge in [0.25, 0.3) is 0 Å². The summed E-state index contributed by atoms with van der Waals surface area (Å²) in [7, 11) is 0. The van der Waals surface area contributed by atoms with Crippen LogP contribution in [-0.4, -0.2) is 60.9 Å². The maximum Gasteiger partial charge on any atom is 0.408 e. The molecule has 0 aromatic rings. The van der Waals surface area contributed by atoms with E-state index in [1.54, 1.807) is 0 Å². The number of amides is 1. The molecule has 3 N–H and O–H groups in total. The van der Waals surface area contributed by atoms with Crippen molar-refractivity contribution in [3.8, 4) is 0 Å². The number of nitrogens with two attached hydrogens (primary N) is 1. The molecule has 0 aromatic carbocycles. The summed E-state index contributed by atoms with van der Waals surface area (Å²) in [6.45, 7) is 12.9. The van der Waals surface area contributed by atoms with Crippen molar-refractivity contribution in [2.45, 2.75) is 58.6 Å². The predicted octanol–water partition coefficient (Wildman–Crippen LogP) is 1.72. The van der Waals surface area contributed by atoms with Crippen LogP contribution in [0.4, 0.5) is 4.79 Å². The molecule has 0 atom stereocenters. The molecule has 0 aromatic heterocycles. The monoisotopic (exact) mass is 328 g/mol. The molecule has 1 aliphatic heterocycles. The number of ether oxygens (including phenoxy) is 2. The minimum atomic E-state index is -0.520. The maximum absolute atomic E-state index is 12.1. The van der Waals surface area contributed by atoms with Crippen molar-refractivity contribution in [1.82, 2.24) is 10.2 Å². The third kappa shape index (κ3) is 6.64. The number of carbonyl (C=O) groups excluding carboxylic acids is 1. The van der Waals surface area contributed by atoms with Crippen molar-refractivity contribution in [2.75, 3.05) is 32.8 Å². The van der Waals surface area contributed by atoms with Gasteiger partial charge in [0, 0.05) is 13.1 Å². The lowest BCUT2D eigenvalue weighted by Gasteiger charge is -2.33. The van der Waals surface area contributed by atoms with Gasteiger partial charge in [-0.3, -0.25) is 4.99 Å². The van der Waals surface area contributed by atoms with Crippen LogP contribution in [0.25, 0.3) is 0 Å². The van der Waals surface area contributed by atoms with Crippen LogP contribution in [0, 0.1) is 0 Å². The predicted molar refractivity (Wildman–Crippen MR) is 91.6 cm³/mol. The van der Waals surface area contributed by atoms with Crippen molar-refractivity contribution in [3.05, 3.63) is 0 Å². The Labute approximate surface area is 139 Å². The molecule has 0 spiro atoms. The van der Waals surface area contributed by atoms with Crippen LogP contribution in [0.5, 0.6) is 0 Å². The Morgan fingerprint density at radius 3 is 2.30 bits per heavy atom. The van der Waals surface area contributed by atoms with Crippen molar-refractivity contribution >= 4 is 12.1 Å². The molecule has 7 nitrogen and oxygen atoms in total. The van der Waals surface area contributed by atoms with Gasteiger partial charge >= 0.3 is 6.09 Å². The van der Waals surface area contributed by atoms with Crippen molar-refractivity contribution in [2.24, 2.45) is 10.7 Å². The SMILES string of the molecule is CCC(CC)(CN=C(N)N1CCOCC1)NC(=O)OC(C)(C)C. The number of rotatable bonds is 5. The second kappa shape index (κ2) is 8.38. The van der Waals surface area contributed by atoms with Crippen molar-refractivity contribution in [3.63, 3.8) is 0 Å². The highest BCUT2D eigenvalue weighted by molar-refractivity contribution is 5.78. The fraction of sp³-hybridized carbons (Fsp3) is 0.875. The first-order valence-electron chi connectivity index (χ1n) is 8.35. The molecule has 7 heteroatoms. The van der Waals surface area contributed by atoms with Gasteiger partial charge in [0.15, 0.2) is 5.96 Å². The van der Waals surface area contributed by atoms with E-state index in [0.717, 1.165) is 25.9 Å². The lowest BCUT2D eigenvalue weighted by Crippen LogP contribution is -2.52. The van der Waals surface area contributed by atoms with Crippen LogP contribution in [0.2, 0.25) is 0 Å². The molecule has 1 saturated heterocycles. The molecule has 1 rings (SSSR count). The summed E-state index contributed by atoms with van der Waals surface area (Å²) in [5.74, 6) is 0.505. The summed E-state index contributed by atoms with van der Waals surface area (Å²) < 4.78 is 10.7. The minimum Gasteiger partial charge on any atom is -0.444 e. The summed E-state index contributed by atoms with van der Waals surface area (Å²) in [5, 5.41) is 2.98. The fourth-order valence-electron chi connectivity index (χ4n) is 2.33. The summed E-state index contributed by atoms with van der Waals surface area (Å²) >= 11 is 0. The maximum atomic E-state index is 12.1. The number of alkyl carbamates (subject to hydrolysis) is 1. The standard InChI is InChI=1S/C16H32N4O3/c1-6-16(7-2,19-14(21)23-15(3,4)5)12-18-13(17)20-8-10-22-11-9-20/h6-12H2,1-5H3,(H2,17,18)(H,19,21). The van der Waals surface area contributed by atoms with E-state index in [2.05, 4.69) is 10.3 Å². The van der Waals surface area contributed by atoms with Crippen LogP contribution < -0.4 is 11.1 Å². The average Bonchev–Trinajstić information content (AvgIpc) is 2.50. The number of guanidine groups is 1. The zero-order valence-electron chi connectivity index (χ0n) is 15.1. The molecule has 1 amide bonds.